The van der Waals surface area contributed by atoms with Gasteiger partial charge in [-0.3, -0.25) is 9.59 Å². The van der Waals surface area contributed by atoms with Gasteiger partial charge < -0.3 is 20.1 Å². The van der Waals surface area contributed by atoms with E-state index >= 15 is 0 Å². The molecule has 2 N–H and O–H groups in total. The third kappa shape index (κ3) is 5.23. The number of hydrogen-bond acceptors (Lipinski definition) is 4. The number of carbonyl (C=O) groups is 2. The van der Waals surface area contributed by atoms with E-state index in [4.69, 9.17) is 9.47 Å². The minimum absolute atomic E-state index is 0.191. The lowest BCUT2D eigenvalue weighted by atomic mass is 10.1. The molecular weight excluding hydrogens is 344 g/mol. The Morgan fingerprint density at radius 1 is 1.04 bits per heavy atom. The molecule has 3 rings (SSSR count). The van der Waals surface area contributed by atoms with Crippen molar-refractivity contribution in [3.8, 4) is 11.5 Å². The molecule has 27 heavy (non-hydrogen) atoms. The fourth-order valence-corrected chi connectivity index (χ4v) is 2.77. The predicted octanol–water partition coefficient (Wildman–Crippen LogP) is 2.92. The first-order valence-electron chi connectivity index (χ1n) is 9.22. The zero-order chi connectivity index (χ0) is 19.1. The minimum atomic E-state index is -0.701. The molecule has 1 aliphatic rings. The van der Waals surface area contributed by atoms with E-state index in [2.05, 4.69) is 17.6 Å². The van der Waals surface area contributed by atoms with E-state index in [9.17, 15) is 9.59 Å². The van der Waals surface area contributed by atoms with Gasteiger partial charge in [-0.2, -0.15) is 0 Å². The van der Waals surface area contributed by atoms with Crippen LogP contribution in [-0.2, 0) is 16.0 Å². The third-order valence-corrected chi connectivity index (χ3v) is 4.29. The lowest BCUT2D eigenvalue weighted by molar-refractivity contribution is -0.136. The van der Waals surface area contributed by atoms with Gasteiger partial charge in [-0.15, -0.1) is 0 Å². The number of carbonyl (C=O) groups excluding carboxylic acids is 2. The van der Waals surface area contributed by atoms with Crippen molar-refractivity contribution >= 4 is 17.5 Å². The maximum absolute atomic E-state index is 12.0. The first-order chi connectivity index (χ1) is 13.2. The number of hydrogen-bond donors (Lipinski definition) is 2. The second-order valence-electron chi connectivity index (χ2n) is 6.46. The van der Waals surface area contributed by atoms with Crippen molar-refractivity contribution in [1.29, 1.82) is 0 Å². The first kappa shape index (κ1) is 18.8. The molecule has 6 heteroatoms. The maximum atomic E-state index is 12.0. The van der Waals surface area contributed by atoms with Gasteiger partial charge in [0.25, 0.3) is 0 Å². The Kier molecular flexibility index (Phi) is 6.30. The van der Waals surface area contributed by atoms with Gasteiger partial charge in [0.1, 0.15) is 12.7 Å². The van der Waals surface area contributed by atoms with Crippen molar-refractivity contribution in [2.45, 2.75) is 32.3 Å². The second kappa shape index (κ2) is 9.07. The smallest absolute Gasteiger partial charge is 0.313 e. The number of fused-ring (bicyclic) bond motifs is 1. The Morgan fingerprint density at radius 2 is 1.78 bits per heavy atom. The summed E-state index contributed by atoms with van der Waals surface area (Å²) in [5, 5.41) is 5.19. The van der Waals surface area contributed by atoms with E-state index in [0.29, 0.717) is 23.8 Å². The number of unbranched alkanes of at least 4 members (excludes halogenated alkanes) is 1. The van der Waals surface area contributed by atoms with E-state index in [1.165, 1.54) is 5.56 Å². The molecule has 0 saturated heterocycles. The summed E-state index contributed by atoms with van der Waals surface area (Å²) in [5.74, 6) is -0.0863. The Morgan fingerprint density at radius 3 is 2.52 bits per heavy atom. The van der Waals surface area contributed by atoms with Crippen LogP contribution in [0.25, 0.3) is 0 Å². The van der Waals surface area contributed by atoms with E-state index in [0.717, 1.165) is 19.3 Å². The Bertz CT molecular complexity index is 789. The fraction of sp³-hybridized carbons (Fsp3) is 0.333. The van der Waals surface area contributed by atoms with Gasteiger partial charge in [-0.25, -0.2) is 0 Å². The monoisotopic (exact) mass is 368 g/mol. The van der Waals surface area contributed by atoms with Gasteiger partial charge in [-0.05, 0) is 42.7 Å². The molecule has 0 radical (unpaired) electrons. The Balaban J connectivity index is 1.45. The van der Waals surface area contributed by atoms with Crippen LogP contribution in [0.15, 0.2) is 48.5 Å². The molecule has 2 aromatic carbocycles. The first-order valence-corrected chi connectivity index (χ1v) is 9.22. The van der Waals surface area contributed by atoms with Crippen molar-refractivity contribution in [2.24, 2.45) is 0 Å². The molecule has 1 atom stereocenters. The lowest BCUT2D eigenvalue weighted by Crippen LogP contribution is -2.44. The summed E-state index contributed by atoms with van der Waals surface area (Å²) in [7, 11) is 0. The molecule has 0 bridgehead atoms. The normalized spacial score (nSPS) is 15.1. The van der Waals surface area contributed by atoms with E-state index in [-0.39, 0.29) is 12.6 Å². The van der Waals surface area contributed by atoms with Gasteiger partial charge >= 0.3 is 11.8 Å². The zero-order valence-electron chi connectivity index (χ0n) is 15.4. The average Bonchev–Trinajstić information content (AvgIpc) is 2.71. The molecule has 0 fully saturated rings. The summed E-state index contributed by atoms with van der Waals surface area (Å²) in [4.78, 5) is 24.1. The van der Waals surface area contributed by atoms with E-state index in [1.54, 1.807) is 6.07 Å². The van der Waals surface area contributed by atoms with Crippen molar-refractivity contribution in [1.82, 2.24) is 5.32 Å². The highest BCUT2D eigenvalue weighted by atomic mass is 16.6. The Hall–Kier alpha value is -3.02. The van der Waals surface area contributed by atoms with Crippen LogP contribution in [0.5, 0.6) is 11.5 Å². The van der Waals surface area contributed by atoms with E-state index < -0.39 is 11.8 Å². The number of rotatable bonds is 6. The van der Waals surface area contributed by atoms with Crippen molar-refractivity contribution in [3.05, 3.63) is 54.1 Å². The van der Waals surface area contributed by atoms with E-state index in [1.807, 2.05) is 42.5 Å². The SMILES string of the molecule is CCCCc1ccc(NC(=O)C(=O)NCC2COc3ccccc3O2)cc1. The summed E-state index contributed by atoms with van der Waals surface area (Å²) in [5.41, 5.74) is 1.82. The molecule has 2 amide bonds. The van der Waals surface area contributed by atoms with Gasteiger partial charge in [0, 0.05) is 5.69 Å². The zero-order valence-corrected chi connectivity index (χ0v) is 15.4. The molecule has 1 aliphatic heterocycles. The van der Waals surface area contributed by atoms with Gasteiger partial charge in [0.2, 0.25) is 0 Å². The molecular formula is C21H24N2O4. The van der Waals surface area contributed by atoms with Crippen molar-refractivity contribution < 1.29 is 19.1 Å². The Labute approximate surface area is 158 Å². The maximum Gasteiger partial charge on any atom is 0.313 e. The van der Waals surface area contributed by atoms with Crippen LogP contribution in [0.1, 0.15) is 25.3 Å². The quantitative estimate of drug-likeness (QED) is 0.769. The highest BCUT2D eigenvalue weighted by Crippen LogP contribution is 2.30. The van der Waals surface area contributed by atoms with Crippen LogP contribution < -0.4 is 20.1 Å². The molecule has 0 aliphatic carbocycles. The van der Waals surface area contributed by atoms with Gasteiger partial charge in [0.15, 0.2) is 11.5 Å². The third-order valence-electron chi connectivity index (χ3n) is 4.29. The molecule has 0 saturated carbocycles. The molecule has 1 heterocycles. The second-order valence-corrected chi connectivity index (χ2v) is 6.46. The largest absolute Gasteiger partial charge is 0.486 e. The standard InChI is InChI=1S/C21H24N2O4/c1-2-3-6-15-9-11-16(12-10-15)23-21(25)20(24)22-13-17-14-26-18-7-4-5-8-19(18)27-17/h4-5,7-12,17H,2-3,6,13-14H2,1H3,(H,22,24)(H,23,25). The number of amides is 2. The van der Waals surface area contributed by atoms with Gasteiger partial charge in [-0.1, -0.05) is 37.6 Å². The minimum Gasteiger partial charge on any atom is -0.486 e. The molecule has 142 valence electrons. The number of anilines is 1. The topological polar surface area (TPSA) is 76.7 Å². The summed E-state index contributed by atoms with van der Waals surface area (Å²) < 4.78 is 11.3. The van der Waals surface area contributed by atoms with Crippen LogP contribution in [0.2, 0.25) is 0 Å². The number of ether oxygens (including phenoxy) is 2. The molecule has 6 nitrogen and oxygen atoms in total. The van der Waals surface area contributed by atoms with Crippen LogP contribution in [0.4, 0.5) is 5.69 Å². The van der Waals surface area contributed by atoms with Crippen molar-refractivity contribution in [2.75, 3.05) is 18.5 Å². The van der Waals surface area contributed by atoms with Crippen molar-refractivity contribution in [3.63, 3.8) is 0 Å². The molecule has 1 unspecified atom stereocenters. The number of benzene rings is 2. The van der Waals surface area contributed by atoms with Crippen LogP contribution in [0.3, 0.4) is 0 Å². The summed E-state index contributed by atoms with van der Waals surface area (Å²) in [6.07, 6.45) is 2.94. The lowest BCUT2D eigenvalue weighted by Gasteiger charge is -2.26. The van der Waals surface area contributed by atoms with Crippen LogP contribution in [-0.4, -0.2) is 31.1 Å². The summed E-state index contributed by atoms with van der Waals surface area (Å²) >= 11 is 0. The molecule has 0 spiro atoms. The molecule has 0 aromatic heterocycles. The number of nitrogens with one attached hydrogen (secondary N) is 2. The average molecular weight is 368 g/mol. The highest BCUT2D eigenvalue weighted by molar-refractivity contribution is 6.39. The summed E-state index contributed by atoms with van der Waals surface area (Å²) in [6.45, 7) is 2.66. The number of para-hydroxylation sites is 2. The van der Waals surface area contributed by atoms with Crippen LogP contribution in [0, 0.1) is 0 Å². The van der Waals surface area contributed by atoms with Crippen LogP contribution >= 0.6 is 0 Å². The van der Waals surface area contributed by atoms with Gasteiger partial charge in [0.05, 0.1) is 6.54 Å². The summed E-state index contributed by atoms with van der Waals surface area (Å²) in [6, 6.07) is 14.9. The molecule has 2 aromatic rings. The fourth-order valence-electron chi connectivity index (χ4n) is 2.77. The number of aryl methyl sites for hydroxylation is 1. The highest BCUT2D eigenvalue weighted by Gasteiger charge is 2.22. The predicted molar refractivity (Wildman–Crippen MR) is 103 cm³/mol.